The molecule has 4 N–H and O–H groups in total. The summed E-state index contributed by atoms with van der Waals surface area (Å²) in [6.45, 7) is 13.8. The molecule has 0 saturated carbocycles. The van der Waals surface area contributed by atoms with Gasteiger partial charge in [0.25, 0.3) is 0 Å². The Morgan fingerprint density at radius 2 is 1.00 bits per heavy atom. The minimum Gasteiger partial charge on any atom is -0.396 e. The summed E-state index contributed by atoms with van der Waals surface area (Å²) in [7, 11) is -9.79. The molecular formula is C54H66N4O7S2Si2. The highest BCUT2D eigenvalue weighted by Crippen LogP contribution is 2.48. The first-order valence-corrected chi connectivity index (χ1v) is 30.3. The van der Waals surface area contributed by atoms with Gasteiger partial charge in [-0.15, -0.1) is 0 Å². The van der Waals surface area contributed by atoms with Crippen LogP contribution in [0.1, 0.15) is 54.4 Å². The van der Waals surface area contributed by atoms with Gasteiger partial charge < -0.3 is 15.3 Å². The number of carbonyl (C=O) groups excluding carboxylic acids is 2. The SMILES string of the molecule is CNS(=O)(=O)c1ccc(N2CC[C@H]([Si](c3ccccc3)(c3ccccc3)C(C)(C)C)C2=O)cc1.CNS(=O)(=O)c1ccc(NC(=O)[C@H](CCO)[Si](c2ccccc2)(c2ccccc2)C(C)(C)C)cc1. The third kappa shape index (κ3) is 10.6. The van der Waals surface area contributed by atoms with Gasteiger partial charge in [0.2, 0.25) is 31.9 Å². The van der Waals surface area contributed by atoms with Crippen LogP contribution in [-0.4, -0.2) is 77.2 Å². The molecule has 0 bridgehead atoms. The van der Waals surface area contributed by atoms with E-state index < -0.39 is 41.7 Å². The highest BCUT2D eigenvalue weighted by molar-refractivity contribution is 7.89. The van der Waals surface area contributed by atoms with Crippen LogP contribution < -0.4 is 40.4 Å². The molecule has 1 aliphatic heterocycles. The maximum Gasteiger partial charge on any atom is 0.240 e. The van der Waals surface area contributed by atoms with E-state index in [1.54, 1.807) is 36.4 Å². The number of aliphatic hydroxyl groups excluding tert-OH is 1. The minimum absolute atomic E-state index is 0.114. The zero-order valence-electron chi connectivity index (χ0n) is 40.8. The number of hydrogen-bond acceptors (Lipinski definition) is 7. The number of nitrogens with zero attached hydrogens (tertiary/aromatic N) is 1. The Kier molecular flexibility index (Phi) is 16.6. The third-order valence-corrected chi connectivity index (χ3v) is 29.4. The normalized spacial score (nSPS) is 15.2. The van der Waals surface area contributed by atoms with E-state index in [2.05, 4.69) is 129 Å². The van der Waals surface area contributed by atoms with Crippen molar-refractivity contribution in [1.29, 1.82) is 0 Å². The first-order chi connectivity index (χ1) is 32.7. The number of anilines is 2. The summed E-state index contributed by atoms with van der Waals surface area (Å²) < 4.78 is 53.0. The van der Waals surface area contributed by atoms with Gasteiger partial charge in [-0.2, -0.15) is 0 Å². The summed E-state index contributed by atoms with van der Waals surface area (Å²) in [6, 6.07) is 54.1. The second-order valence-corrected chi connectivity index (χ2v) is 33.1. The van der Waals surface area contributed by atoms with E-state index in [-0.39, 0.29) is 43.8 Å². The van der Waals surface area contributed by atoms with E-state index in [1.165, 1.54) is 36.6 Å². The lowest BCUT2D eigenvalue weighted by molar-refractivity contribution is -0.117. The van der Waals surface area contributed by atoms with Crippen LogP contribution in [0.15, 0.2) is 180 Å². The highest BCUT2D eigenvalue weighted by Gasteiger charge is 2.58. The second kappa shape index (κ2) is 21.6. The molecule has 7 rings (SSSR count). The molecular weight excluding hydrogens is 937 g/mol. The van der Waals surface area contributed by atoms with Gasteiger partial charge in [-0.3, -0.25) is 9.59 Å². The third-order valence-electron chi connectivity index (χ3n) is 13.7. The Balaban J connectivity index is 0.000000227. The van der Waals surface area contributed by atoms with Crippen molar-refractivity contribution in [2.45, 2.75) is 85.3 Å². The molecule has 364 valence electrons. The van der Waals surface area contributed by atoms with Crippen LogP contribution in [0.25, 0.3) is 0 Å². The number of hydrogen-bond donors (Lipinski definition) is 4. The molecule has 0 unspecified atom stereocenters. The molecule has 69 heavy (non-hydrogen) atoms. The lowest BCUT2D eigenvalue weighted by atomic mass is 10.2. The van der Waals surface area contributed by atoms with E-state index in [9.17, 15) is 31.5 Å². The molecule has 2 amide bonds. The fourth-order valence-electron chi connectivity index (χ4n) is 10.7. The first kappa shape index (κ1) is 52.8. The van der Waals surface area contributed by atoms with Crippen molar-refractivity contribution >= 4 is 80.1 Å². The van der Waals surface area contributed by atoms with E-state index in [1.807, 2.05) is 53.4 Å². The van der Waals surface area contributed by atoms with E-state index in [4.69, 9.17) is 0 Å². The van der Waals surface area contributed by atoms with Gasteiger partial charge in [0.15, 0.2) is 0 Å². The van der Waals surface area contributed by atoms with Gasteiger partial charge in [0.1, 0.15) is 16.1 Å². The average molecular weight is 1000 g/mol. The molecule has 0 radical (unpaired) electrons. The summed E-state index contributed by atoms with van der Waals surface area (Å²) in [4.78, 5) is 30.2. The Bertz CT molecular complexity index is 2800. The minimum atomic E-state index is -3.57. The summed E-state index contributed by atoms with van der Waals surface area (Å²) in [5.41, 5.74) is 0.641. The van der Waals surface area contributed by atoms with Crippen LogP contribution in [-0.2, 0) is 29.6 Å². The van der Waals surface area contributed by atoms with Gasteiger partial charge in [-0.1, -0.05) is 184 Å². The van der Waals surface area contributed by atoms with Crippen LogP contribution in [0.3, 0.4) is 0 Å². The van der Waals surface area contributed by atoms with E-state index in [0.717, 1.165) is 22.5 Å². The van der Waals surface area contributed by atoms with Crippen molar-refractivity contribution < 1.29 is 31.5 Å². The van der Waals surface area contributed by atoms with Crippen molar-refractivity contribution in [3.63, 3.8) is 0 Å². The lowest BCUT2D eigenvalue weighted by Gasteiger charge is -2.48. The highest BCUT2D eigenvalue weighted by atomic mass is 32.2. The van der Waals surface area contributed by atoms with Crippen LogP contribution in [0.4, 0.5) is 11.4 Å². The summed E-state index contributed by atoms with van der Waals surface area (Å²) in [5, 5.41) is 17.5. The van der Waals surface area contributed by atoms with Gasteiger partial charge in [0.05, 0.1) is 9.79 Å². The molecule has 1 aliphatic rings. The Labute approximate surface area is 411 Å². The number of nitrogens with one attached hydrogen (secondary N) is 3. The molecule has 6 aromatic carbocycles. The van der Waals surface area contributed by atoms with Crippen molar-refractivity contribution in [3.8, 4) is 0 Å². The largest absolute Gasteiger partial charge is 0.396 e. The molecule has 2 atom stereocenters. The summed E-state index contributed by atoms with van der Waals surface area (Å²) in [5.74, 6) is -0.0592. The number of rotatable bonds is 15. The molecule has 6 aromatic rings. The van der Waals surface area contributed by atoms with Crippen molar-refractivity contribution in [2.24, 2.45) is 0 Å². The number of aliphatic hydroxyl groups is 1. The fraction of sp³-hybridized carbons (Fsp3) is 0.296. The number of benzene rings is 6. The average Bonchev–Trinajstić information content (AvgIpc) is 3.73. The topological polar surface area (TPSA) is 162 Å². The van der Waals surface area contributed by atoms with Gasteiger partial charge >= 0.3 is 0 Å². The summed E-state index contributed by atoms with van der Waals surface area (Å²) >= 11 is 0. The first-order valence-electron chi connectivity index (χ1n) is 23.2. The quantitative estimate of drug-likeness (QED) is 0.0798. The lowest BCUT2D eigenvalue weighted by Crippen LogP contribution is -2.69. The van der Waals surface area contributed by atoms with Crippen LogP contribution in [0, 0.1) is 0 Å². The Morgan fingerprint density at radius 1 is 0.609 bits per heavy atom. The Hall–Kier alpha value is -5.53. The fourth-order valence-corrected chi connectivity index (χ4v) is 25.0. The molecule has 0 aliphatic carbocycles. The summed E-state index contributed by atoms with van der Waals surface area (Å²) in [6.07, 6.45) is 1.08. The van der Waals surface area contributed by atoms with Gasteiger partial charge in [0, 0.05) is 35.6 Å². The van der Waals surface area contributed by atoms with Crippen LogP contribution >= 0.6 is 0 Å². The maximum absolute atomic E-state index is 14.1. The molecule has 0 aromatic heterocycles. The molecule has 1 heterocycles. The molecule has 11 nitrogen and oxygen atoms in total. The number of carbonyl (C=O) groups is 2. The van der Waals surface area contributed by atoms with Crippen LogP contribution in [0.2, 0.25) is 21.2 Å². The van der Waals surface area contributed by atoms with Crippen LogP contribution in [0.5, 0.6) is 0 Å². The molecule has 1 saturated heterocycles. The van der Waals surface area contributed by atoms with Gasteiger partial charge in [-0.05, 0) is 85.5 Å². The van der Waals surface area contributed by atoms with E-state index in [0.29, 0.717) is 18.7 Å². The standard InChI is InChI=1S/C27H34N2O4SSi.C27H32N2O3SSi/c1-27(2,3)35(23-11-7-5-8-12-23,24-13-9-6-10-14-24)25(19-20-30)26(31)29-21-15-17-22(18-16-21)34(32,33)28-4;1-27(2,3)34(23-11-7-5-8-12-23,24-13-9-6-10-14-24)25-19-20-29(26(25)30)21-15-17-22(18-16-21)33(31,32)28-4/h5-18,25,28,30H,19-20H2,1-4H3,(H,29,31);5-18,25,28H,19-20H2,1-4H3/t2*25-/m00/s1. The monoisotopic (exact) mass is 1000 g/mol. The predicted molar refractivity (Wildman–Crippen MR) is 285 cm³/mol. The number of sulfonamides is 2. The van der Waals surface area contributed by atoms with Crippen molar-refractivity contribution in [3.05, 3.63) is 170 Å². The number of amides is 2. The van der Waals surface area contributed by atoms with Crippen molar-refractivity contribution in [2.75, 3.05) is 37.5 Å². The predicted octanol–water partition coefficient (Wildman–Crippen LogP) is 7.11. The molecule has 15 heteroatoms. The van der Waals surface area contributed by atoms with Gasteiger partial charge in [-0.25, -0.2) is 26.3 Å². The Morgan fingerprint density at radius 3 is 1.36 bits per heavy atom. The smallest absolute Gasteiger partial charge is 0.240 e. The second-order valence-electron chi connectivity index (χ2n) is 19.4. The zero-order valence-corrected chi connectivity index (χ0v) is 44.4. The molecule has 1 fully saturated rings. The molecule has 0 spiro atoms. The zero-order chi connectivity index (χ0) is 50.3. The van der Waals surface area contributed by atoms with Crippen molar-refractivity contribution in [1.82, 2.24) is 9.44 Å². The van der Waals surface area contributed by atoms with E-state index >= 15 is 0 Å². The maximum atomic E-state index is 14.1.